The van der Waals surface area contributed by atoms with Gasteiger partial charge in [-0.1, -0.05) is 44.6 Å². The highest BCUT2D eigenvalue weighted by molar-refractivity contribution is 6.06. The average Bonchev–Trinajstić information content (AvgIpc) is 3.77. The van der Waals surface area contributed by atoms with Gasteiger partial charge in [0, 0.05) is 19.4 Å². The summed E-state index contributed by atoms with van der Waals surface area (Å²) in [5.41, 5.74) is 5.20. The van der Waals surface area contributed by atoms with E-state index in [1.807, 2.05) is 12.2 Å². The molecule has 0 aromatic carbocycles. The normalized spacial score (nSPS) is 32.1. The Morgan fingerprint density at radius 3 is 1.50 bits per heavy atom. The van der Waals surface area contributed by atoms with Gasteiger partial charge in [-0.3, -0.25) is 33.7 Å². The highest BCUT2D eigenvalue weighted by Crippen LogP contribution is 2.53. The molecule has 2 heterocycles. The summed E-state index contributed by atoms with van der Waals surface area (Å²) in [6.07, 6.45) is 15.3. The van der Waals surface area contributed by atoms with Gasteiger partial charge in [-0.05, 0) is 68.7 Å². The van der Waals surface area contributed by atoms with Gasteiger partial charge in [0.2, 0.25) is 11.8 Å². The van der Waals surface area contributed by atoms with E-state index in [-0.39, 0.29) is 91.4 Å². The number of carbonyl (C=O) groups excluding carboxylic acids is 4. The summed E-state index contributed by atoms with van der Waals surface area (Å²) in [6.45, 7) is 1.11. The fraction of sp³-hybridized carbons (Fsp3) is 0.677. The van der Waals surface area contributed by atoms with Gasteiger partial charge in [-0.15, -0.1) is 0 Å². The number of rotatable bonds is 11. The van der Waals surface area contributed by atoms with Crippen molar-refractivity contribution in [3.05, 3.63) is 24.3 Å². The predicted molar refractivity (Wildman–Crippen MR) is 151 cm³/mol. The number of unbranched alkanes of at least 4 members (excludes halogenated alkanes) is 4. The van der Waals surface area contributed by atoms with Gasteiger partial charge in [-0.2, -0.15) is 0 Å². The van der Waals surface area contributed by atoms with E-state index in [1.54, 1.807) is 0 Å². The zero-order chi connectivity index (χ0) is 29.7. The summed E-state index contributed by atoms with van der Waals surface area (Å²) in [7, 11) is 0. The van der Waals surface area contributed by atoms with Crippen LogP contribution in [0.25, 0.3) is 0 Å². The summed E-state index contributed by atoms with van der Waals surface area (Å²) in [4.78, 5) is 68.8. The van der Waals surface area contributed by atoms with Gasteiger partial charge in [0.15, 0.2) is 0 Å². The molecule has 0 aromatic heterocycles. The van der Waals surface area contributed by atoms with Gasteiger partial charge in [0.25, 0.3) is 0 Å². The van der Waals surface area contributed by atoms with Crippen molar-refractivity contribution in [3.63, 3.8) is 0 Å². The van der Waals surface area contributed by atoms with Gasteiger partial charge >= 0.3 is 23.9 Å². The van der Waals surface area contributed by atoms with Crippen LogP contribution in [0.3, 0.4) is 0 Å². The lowest BCUT2D eigenvalue weighted by Crippen LogP contribution is -2.33. The number of ether oxygens (including phenoxy) is 1. The number of cyclic esters (lactones) is 2. The largest absolute Gasteiger partial charge is 0.481 e. The number of hydrogen-bond acceptors (Lipinski definition) is 8. The highest BCUT2D eigenvalue weighted by Gasteiger charge is 2.59. The molecule has 4 aliphatic carbocycles. The molecule has 4 bridgehead atoms. The molecule has 42 heavy (non-hydrogen) atoms. The van der Waals surface area contributed by atoms with E-state index in [1.165, 1.54) is 4.90 Å². The van der Waals surface area contributed by atoms with Gasteiger partial charge in [0.1, 0.15) is 0 Å². The minimum absolute atomic E-state index is 0. The first kappa shape index (κ1) is 33.2. The van der Waals surface area contributed by atoms with Crippen LogP contribution >= 0.6 is 0 Å². The van der Waals surface area contributed by atoms with Crippen LogP contribution in [0.5, 0.6) is 0 Å². The number of aliphatic carboxylic acids is 2. The molecule has 11 nitrogen and oxygen atoms in total. The molecule has 11 heteroatoms. The van der Waals surface area contributed by atoms with Crippen LogP contribution in [0.15, 0.2) is 24.3 Å². The quantitative estimate of drug-likeness (QED) is 0.107. The zero-order valence-electron chi connectivity index (χ0n) is 23.2. The van der Waals surface area contributed by atoms with Gasteiger partial charge in [0.05, 0.1) is 23.7 Å². The summed E-state index contributed by atoms with van der Waals surface area (Å²) in [5.74, 6) is -1.57. The molecule has 0 spiro atoms. The third-order valence-electron chi connectivity index (χ3n) is 9.13. The first-order valence-corrected chi connectivity index (χ1v) is 14.7. The Balaban J connectivity index is 0.000000188. The predicted octanol–water partition coefficient (Wildman–Crippen LogP) is 3.17. The minimum Gasteiger partial charge on any atom is -0.481 e. The number of nitrogens with two attached hydrogens (primary N) is 1. The number of imide groups is 1. The van der Waals surface area contributed by atoms with Crippen LogP contribution in [-0.4, -0.2) is 63.9 Å². The molecule has 6 rings (SSSR count). The van der Waals surface area contributed by atoms with Crippen LogP contribution in [-0.2, 0) is 33.5 Å². The SMILES string of the molecule is C.NCCCCCC(=O)O.O=C(O)CCCCCN1C(=O)[C@@H]2[C@H](C1=O)[C@H]1C=C[C@@H]2C1.O=C1OC(=O)[C@H]2[C@@H]1[C@@H]1C=C[C@H]2C1. The lowest BCUT2D eigenvalue weighted by Gasteiger charge is -2.16. The number of hydrogen-bond donors (Lipinski definition) is 3. The maximum absolute atomic E-state index is 12.3. The maximum atomic E-state index is 12.3. The van der Waals surface area contributed by atoms with Crippen molar-refractivity contribution in [1.82, 2.24) is 4.90 Å². The molecule has 8 atom stereocenters. The van der Waals surface area contributed by atoms with Crippen LogP contribution < -0.4 is 5.73 Å². The molecule has 0 aromatic rings. The fourth-order valence-electron chi connectivity index (χ4n) is 7.20. The zero-order valence-corrected chi connectivity index (χ0v) is 23.2. The Kier molecular flexibility index (Phi) is 11.6. The smallest absolute Gasteiger partial charge is 0.318 e. The van der Waals surface area contributed by atoms with E-state index in [2.05, 4.69) is 16.9 Å². The first-order valence-electron chi connectivity index (χ1n) is 14.7. The molecule has 4 fully saturated rings. The lowest BCUT2D eigenvalue weighted by atomic mass is 9.85. The third-order valence-corrected chi connectivity index (χ3v) is 9.13. The van der Waals surface area contributed by atoms with Crippen molar-refractivity contribution >= 4 is 35.7 Å². The van der Waals surface area contributed by atoms with Crippen molar-refractivity contribution in [1.29, 1.82) is 0 Å². The Morgan fingerprint density at radius 2 is 1.10 bits per heavy atom. The van der Waals surface area contributed by atoms with Crippen molar-refractivity contribution in [2.45, 2.75) is 71.6 Å². The summed E-state index contributed by atoms with van der Waals surface area (Å²) < 4.78 is 4.59. The highest BCUT2D eigenvalue weighted by atomic mass is 16.6. The fourth-order valence-corrected chi connectivity index (χ4v) is 7.20. The van der Waals surface area contributed by atoms with Crippen molar-refractivity contribution in [2.75, 3.05) is 13.1 Å². The Morgan fingerprint density at radius 1 is 0.690 bits per heavy atom. The number of fused-ring (bicyclic) bond motifs is 10. The Hall–Kier alpha value is -3.34. The van der Waals surface area contributed by atoms with E-state index < -0.39 is 11.9 Å². The van der Waals surface area contributed by atoms with Crippen LogP contribution in [0.2, 0.25) is 0 Å². The standard InChI is InChI=1S/C15H19NO4.C9H8O3.C6H13NO2.CH4/c17-11(18)4-2-1-3-7-16-14(19)12-9-5-6-10(8-9)13(12)15(16)20;10-8-6-4-1-2-5(3-4)7(6)9(11)12-8;7-5-3-1-2-4-6(8)9;/h5-6,9-10,12-13H,1-4,7-8H2,(H,17,18);1-2,4-7H,3H2;1-5,7H2,(H,8,9);1H4/t9-,10+,12+,13-;4-,5+,6+,7-;;. The summed E-state index contributed by atoms with van der Waals surface area (Å²) in [6, 6.07) is 0. The summed E-state index contributed by atoms with van der Waals surface area (Å²) >= 11 is 0. The van der Waals surface area contributed by atoms with E-state index in [4.69, 9.17) is 15.9 Å². The summed E-state index contributed by atoms with van der Waals surface area (Å²) in [5, 5.41) is 16.7. The number of amides is 2. The van der Waals surface area contributed by atoms with E-state index in [9.17, 15) is 28.8 Å². The van der Waals surface area contributed by atoms with Crippen molar-refractivity contribution < 1.29 is 43.7 Å². The molecule has 4 N–H and O–H groups in total. The molecule has 2 saturated heterocycles. The average molecular weight is 589 g/mol. The number of allylic oxidation sites excluding steroid dienone is 4. The van der Waals surface area contributed by atoms with E-state index in [0.29, 0.717) is 25.9 Å². The van der Waals surface area contributed by atoms with E-state index >= 15 is 0 Å². The molecular formula is C31H44N2O9. The molecule has 2 aliphatic heterocycles. The molecule has 2 amide bonds. The topological polar surface area (TPSA) is 181 Å². The molecule has 232 valence electrons. The van der Waals surface area contributed by atoms with Crippen molar-refractivity contribution in [2.24, 2.45) is 53.1 Å². The number of nitrogens with zero attached hydrogens (tertiary/aromatic N) is 1. The Labute approximate surface area is 246 Å². The van der Waals surface area contributed by atoms with Gasteiger partial charge in [-0.25, -0.2) is 0 Å². The first-order chi connectivity index (χ1) is 19.6. The number of carboxylic acid groups (broad SMARTS) is 2. The molecule has 2 saturated carbocycles. The molecular weight excluding hydrogens is 544 g/mol. The third kappa shape index (κ3) is 7.17. The maximum Gasteiger partial charge on any atom is 0.318 e. The van der Waals surface area contributed by atoms with Gasteiger partial charge < -0.3 is 20.7 Å². The lowest BCUT2D eigenvalue weighted by molar-refractivity contribution is -0.155. The van der Waals surface area contributed by atoms with Crippen LogP contribution in [0.1, 0.15) is 71.6 Å². The van der Waals surface area contributed by atoms with Crippen LogP contribution in [0, 0.1) is 47.3 Å². The minimum atomic E-state index is -0.796. The second kappa shape index (κ2) is 14.7. The second-order valence-electron chi connectivity index (χ2n) is 11.8. The van der Waals surface area contributed by atoms with E-state index in [0.717, 1.165) is 38.5 Å². The Bertz CT molecular complexity index is 1060. The van der Waals surface area contributed by atoms with Crippen LogP contribution in [0.4, 0.5) is 0 Å². The monoisotopic (exact) mass is 588 g/mol. The number of esters is 2. The molecule has 6 aliphatic rings. The number of likely N-dealkylation sites (tertiary alicyclic amines) is 1. The molecule has 0 unspecified atom stereocenters. The number of carboxylic acids is 2. The number of carbonyl (C=O) groups is 6. The molecule has 0 radical (unpaired) electrons. The second-order valence-corrected chi connectivity index (χ2v) is 11.8. The van der Waals surface area contributed by atoms with Crippen molar-refractivity contribution in [3.8, 4) is 0 Å².